The number of carbonyl (C=O) groups excluding carboxylic acids is 1. The summed E-state index contributed by atoms with van der Waals surface area (Å²) in [4.78, 5) is 16.6. The summed E-state index contributed by atoms with van der Waals surface area (Å²) in [6.45, 7) is 1.68. The minimum absolute atomic E-state index is 0.0411. The van der Waals surface area contributed by atoms with E-state index in [0.29, 0.717) is 17.2 Å². The molecule has 1 aromatic carbocycles. The van der Waals surface area contributed by atoms with Gasteiger partial charge < -0.3 is 5.32 Å². The van der Waals surface area contributed by atoms with Crippen LogP contribution in [0.5, 0.6) is 0 Å². The predicted molar refractivity (Wildman–Crippen MR) is 112 cm³/mol. The summed E-state index contributed by atoms with van der Waals surface area (Å²) in [5, 5.41) is 6.99. The van der Waals surface area contributed by atoms with Crippen molar-refractivity contribution in [2.45, 2.75) is 25.3 Å². The van der Waals surface area contributed by atoms with E-state index in [-0.39, 0.29) is 28.9 Å². The Kier molecular flexibility index (Phi) is 7.04. The zero-order chi connectivity index (χ0) is 21.7. The number of hydrogen-bond donors (Lipinski definition) is 1. The number of anilines is 1. The molecule has 0 fully saturated rings. The normalized spacial score (nSPS) is 11.5. The molecule has 0 bridgehead atoms. The summed E-state index contributed by atoms with van der Waals surface area (Å²) >= 11 is 7.68. The van der Waals surface area contributed by atoms with E-state index in [1.54, 1.807) is 30.9 Å². The van der Waals surface area contributed by atoms with Crippen LogP contribution in [0.2, 0.25) is 5.02 Å². The summed E-state index contributed by atoms with van der Waals surface area (Å²) in [5.74, 6) is 1.24. The van der Waals surface area contributed by atoms with Crippen LogP contribution >= 0.6 is 23.4 Å². The first kappa shape index (κ1) is 22.2. The van der Waals surface area contributed by atoms with Gasteiger partial charge in [0.1, 0.15) is 5.82 Å². The Morgan fingerprint density at radius 3 is 2.73 bits per heavy atom. The number of rotatable bonds is 7. The van der Waals surface area contributed by atoms with Crippen LogP contribution in [-0.2, 0) is 16.7 Å². The largest absolute Gasteiger partial charge is 0.416 e. The summed E-state index contributed by atoms with van der Waals surface area (Å²) in [6.07, 6.45) is -2.57. The summed E-state index contributed by atoms with van der Waals surface area (Å²) in [6, 6.07) is 10.2. The Hall–Kier alpha value is -2.52. The minimum Gasteiger partial charge on any atom is -0.311 e. The number of halogens is 4. The van der Waals surface area contributed by atoms with Crippen molar-refractivity contribution in [3.63, 3.8) is 0 Å². The van der Waals surface area contributed by atoms with Crippen molar-refractivity contribution in [1.29, 1.82) is 0 Å². The zero-order valence-corrected chi connectivity index (χ0v) is 17.5. The van der Waals surface area contributed by atoms with Crippen molar-refractivity contribution < 1.29 is 18.0 Å². The molecule has 0 aliphatic carbocycles. The minimum atomic E-state index is -4.52. The lowest BCUT2D eigenvalue weighted by atomic mass is 10.2. The lowest BCUT2D eigenvalue weighted by molar-refractivity contribution is -0.137. The number of benzene rings is 1. The number of nitrogens with one attached hydrogen (secondary N) is 1. The quantitative estimate of drug-likeness (QED) is 0.478. The fourth-order valence-corrected chi connectivity index (χ4v) is 3.71. The molecule has 0 spiro atoms. The number of thioether (sulfide) groups is 1. The van der Waals surface area contributed by atoms with Gasteiger partial charge in [0.15, 0.2) is 0 Å². The molecule has 3 rings (SSSR count). The second kappa shape index (κ2) is 9.53. The van der Waals surface area contributed by atoms with Crippen molar-refractivity contribution in [2.24, 2.45) is 0 Å². The van der Waals surface area contributed by atoms with Crippen LogP contribution in [0.3, 0.4) is 0 Å². The third kappa shape index (κ3) is 5.76. The molecule has 5 nitrogen and oxygen atoms in total. The van der Waals surface area contributed by atoms with Crippen LogP contribution in [-0.4, -0.2) is 26.4 Å². The molecule has 0 aliphatic heterocycles. The average molecular weight is 455 g/mol. The van der Waals surface area contributed by atoms with E-state index in [1.165, 1.54) is 4.68 Å². The highest BCUT2D eigenvalue weighted by Gasteiger charge is 2.31. The molecule has 2 aromatic heterocycles. The Labute approximate surface area is 180 Å². The van der Waals surface area contributed by atoms with Crippen LogP contribution < -0.4 is 5.32 Å². The van der Waals surface area contributed by atoms with E-state index in [9.17, 15) is 18.0 Å². The van der Waals surface area contributed by atoms with Gasteiger partial charge in [-0.3, -0.25) is 9.78 Å². The van der Waals surface area contributed by atoms with E-state index < -0.39 is 11.7 Å². The van der Waals surface area contributed by atoms with Gasteiger partial charge in [-0.1, -0.05) is 17.7 Å². The molecule has 30 heavy (non-hydrogen) atoms. The van der Waals surface area contributed by atoms with Gasteiger partial charge in [0.25, 0.3) is 0 Å². The number of nitrogens with zero attached hydrogens (tertiary/aromatic N) is 3. The molecule has 158 valence electrons. The monoisotopic (exact) mass is 454 g/mol. The topological polar surface area (TPSA) is 59.8 Å². The maximum absolute atomic E-state index is 13.1. The third-order valence-corrected chi connectivity index (χ3v) is 5.36. The molecule has 0 saturated heterocycles. The summed E-state index contributed by atoms with van der Waals surface area (Å²) in [7, 11) is 0. The first-order valence-electron chi connectivity index (χ1n) is 8.95. The highest BCUT2D eigenvalue weighted by Crippen LogP contribution is 2.34. The molecule has 1 amide bonds. The first-order valence-corrected chi connectivity index (χ1v) is 10.5. The summed E-state index contributed by atoms with van der Waals surface area (Å²) < 4.78 is 40.4. The number of amides is 1. The number of aromatic nitrogens is 3. The third-order valence-electron chi connectivity index (χ3n) is 4.05. The molecule has 0 atom stereocenters. The summed E-state index contributed by atoms with van der Waals surface area (Å²) in [5.41, 5.74) is 0.650. The van der Waals surface area contributed by atoms with Gasteiger partial charge in [-0.05, 0) is 37.3 Å². The maximum Gasteiger partial charge on any atom is 0.416 e. The van der Waals surface area contributed by atoms with E-state index in [1.807, 2.05) is 18.2 Å². The molecule has 10 heteroatoms. The molecule has 0 aliphatic rings. The van der Waals surface area contributed by atoms with E-state index in [2.05, 4.69) is 15.4 Å². The molecular formula is C20H18ClF3N4OS. The second-order valence-electron chi connectivity index (χ2n) is 6.42. The number of pyridine rings is 1. The van der Waals surface area contributed by atoms with E-state index in [0.717, 1.165) is 23.9 Å². The van der Waals surface area contributed by atoms with E-state index >= 15 is 0 Å². The van der Waals surface area contributed by atoms with Crippen molar-refractivity contribution in [2.75, 3.05) is 11.1 Å². The number of aryl methyl sites for hydroxylation is 1. The van der Waals surface area contributed by atoms with Gasteiger partial charge in [0.2, 0.25) is 5.91 Å². The number of alkyl halides is 3. The van der Waals surface area contributed by atoms with Crippen LogP contribution in [0, 0.1) is 6.92 Å². The molecule has 3 aromatic rings. The van der Waals surface area contributed by atoms with Crippen LogP contribution in [0.25, 0.3) is 5.69 Å². The Balaban J connectivity index is 1.67. The fourth-order valence-electron chi connectivity index (χ4n) is 2.65. The molecular weight excluding hydrogens is 437 g/mol. The standard InChI is InChI=1S/C20H18ClF3N4OS/c1-13-10-18(26-19(29)7-9-30-12-15-4-2-3-8-25-15)28(27-13)17-11-14(20(22,23)24)5-6-16(17)21/h2-6,8,10-11H,7,9,12H2,1H3,(H,26,29). The number of hydrogen-bond acceptors (Lipinski definition) is 4. The fraction of sp³-hybridized carbons (Fsp3) is 0.250. The van der Waals surface area contributed by atoms with Crippen LogP contribution in [0.15, 0.2) is 48.7 Å². The Morgan fingerprint density at radius 1 is 1.23 bits per heavy atom. The second-order valence-corrected chi connectivity index (χ2v) is 7.93. The van der Waals surface area contributed by atoms with Crippen LogP contribution in [0.4, 0.5) is 19.0 Å². The SMILES string of the molecule is Cc1cc(NC(=O)CCSCc2ccccn2)n(-c2cc(C(F)(F)F)ccc2Cl)n1. The van der Waals surface area contributed by atoms with Crippen molar-refractivity contribution in [3.8, 4) is 5.69 Å². The van der Waals surface area contributed by atoms with Crippen molar-refractivity contribution >= 4 is 35.1 Å². The molecule has 1 N–H and O–H groups in total. The van der Waals surface area contributed by atoms with Crippen LogP contribution in [0.1, 0.15) is 23.4 Å². The van der Waals surface area contributed by atoms with Gasteiger partial charge in [-0.25, -0.2) is 4.68 Å². The highest BCUT2D eigenvalue weighted by atomic mass is 35.5. The molecule has 0 unspecified atom stereocenters. The van der Waals surface area contributed by atoms with Gasteiger partial charge in [-0.2, -0.15) is 30.0 Å². The molecule has 2 heterocycles. The highest BCUT2D eigenvalue weighted by molar-refractivity contribution is 7.98. The lowest BCUT2D eigenvalue weighted by Gasteiger charge is -2.13. The first-order chi connectivity index (χ1) is 14.2. The van der Waals surface area contributed by atoms with Gasteiger partial charge in [-0.15, -0.1) is 0 Å². The Bertz CT molecular complexity index is 1020. The van der Waals surface area contributed by atoms with E-state index in [4.69, 9.17) is 11.6 Å². The zero-order valence-electron chi connectivity index (χ0n) is 15.9. The maximum atomic E-state index is 13.1. The smallest absolute Gasteiger partial charge is 0.311 e. The molecule has 0 saturated carbocycles. The predicted octanol–water partition coefficient (Wildman–Crippen LogP) is 5.51. The van der Waals surface area contributed by atoms with Crippen molar-refractivity contribution in [1.82, 2.24) is 14.8 Å². The van der Waals surface area contributed by atoms with Gasteiger partial charge in [0.05, 0.1) is 27.7 Å². The van der Waals surface area contributed by atoms with Gasteiger partial charge >= 0.3 is 6.18 Å². The number of carbonyl (C=O) groups is 1. The Morgan fingerprint density at radius 2 is 2.03 bits per heavy atom. The molecule has 0 radical (unpaired) electrons. The average Bonchev–Trinajstić information content (AvgIpc) is 3.05. The van der Waals surface area contributed by atoms with Crippen molar-refractivity contribution in [3.05, 3.63) is 70.6 Å². The van der Waals surface area contributed by atoms with Gasteiger partial charge in [0, 0.05) is 30.2 Å². The lowest BCUT2D eigenvalue weighted by Crippen LogP contribution is -2.16.